The van der Waals surface area contributed by atoms with Gasteiger partial charge in [0.05, 0.1) is 10.6 Å². The Labute approximate surface area is 149 Å². The first-order valence-electron chi connectivity index (χ1n) is 7.76. The van der Waals surface area contributed by atoms with E-state index < -0.39 is 39.1 Å². The number of hydrogen-bond donors (Lipinski definition) is 1. The fourth-order valence-corrected chi connectivity index (χ4v) is 3.76. The van der Waals surface area contributed by atoms with Crippen LogP contribution in [0.25, 0.3) is 0 Å². The summed E-state index contributed by atoms with van der Waals surface area (Å²) in [7, 11) is -3.67. The van der Waals surface area contributed by atoms with Crippen LogP contribution in [0.1, 0.15) is 24.2 Å². The number of carbonyl (C=O) groups excluding carboxylic acids is 1. The van der Waals surface area contributed by atoms with Crippen molar-refractivity contribution in [1.29, 1.82) is 0 Å². The molecule has 0 aliphatic carbocycles. The van der Waals surface area contributed by atoms with Crippen LogP contribution in [-0.2, 0) is 10.0 Å². The maximum Gasteiger partial charge on any atom is 0.255 e. The van der Waals surface area contributed by atoms with Crippen molar-refractivity contribution in [1.82, 2.24) is 4.31 Å². The average Bonchev–Trinajstić information content (AvgIpc) is 2.60. The summed E-state index contributed by atoms with van der Waals surface area (Å²) >= 11 is 0. The molecule has 2 rings (SSSR count). The summed E-state index contributed by atoms with van der Waals surface area (Å²) < 4.78 is 65.7. The monoisotopic (exact) mass is 386 g/mol. The van der Waals surface area contributed by atoms with Crippen molar-refractivity contribution < 1.29 is 26.4 Å². The predicted octanol–water partition coefficient (Wildman–Crippen LogP) is 3.39. The van der Waals surface area contributed by atoms with Gasteiger partial charge in [-0.2, -0.15) is 4.31 Å². The molecule has 2 aromatic carbocycles. The molecule has 140 valence electrons. The molecular formula is C17H17F3N2O3S. The molecule has 0 aliphatic rings. The summed E-state index contributed by atoms with van der Waals surface area (Å²) in [5.41, 5.74) is -0.485. The van der Waals surface area contributed by atoms with Crippen LogP contribution in [0.15, 0.2) is 41.3 Å². The molecule has 1 N–H and O–H groups in total. The number of carbonyl (C=O) groups is 1. The van der Waals surface area contributed by atoms with Gasteiger partial charge in [-0.1, -0.05) is 13.8 Å². The van der Waals surface area contributed by atoms with Gasteiger partial charge in [0.25, 0.3) is 5.91 Å². The van der Waals surface area contributed by atoms with Gasteiger partial charge in [-0.3, -0.25) is 4.79 Å². The number of halogens is 3. The minimum Gasteiger partial charge on any atom is -0.319 e. The molecule has 0 saturated heterocycles. The Morgan fingerprint density at radius 2 is 1.50 bits per heavy atom. The van der Waals surface area contributed by atoms with E-state index in [0.29, 0.717) is 25.2 Å². The number of rotatable bonds is 6. The Morgan fingerprint density at radius 1 is 0.962 bits per heavy atom. The molecule has 5 nitrogen and oxygen atoms in total. The van der Waals surface area contributed by atoms with E-state index in [1.165, 1.54) is 28.6 Å². The van der Waals surface area contributed by atoms with E-state index in [1.54, 1.807) is 13.8 Å². The van der Waals surface area contributed by atoms with E-state index in [4.69, 9.17) is 0 Å². The summed E-state index contributed by atoms with van der Waals surface area (Å²) in [6.07, 6.45) is 0. The molecule has 0 fully saturated rings. The van der Waals surface area contributed by atoms with Crippen LogP contribution in [-0.4, -0.2) is 31.7 Å². The average molecular weight is 386 g/mol. The molecule has 0 spiro atoms. The minimum atomic E-state index is -3.67. The van der Waals surface area contributed by atoms with E-state index >= 15 is 0 Å². The van der Waals surface area contributed by atoms with Gasteiger partial charge in [0.15, 0.2) is 11.6 Å². The zero-order valence-electron chi connectivity index (χ0n) is 14.1. The Kier molecular flexibility index (Phi) is 6.04. The molecule has 0 atom stereocenters. The highest BCUT2D eigenvalue weighted by Gasteiger charge is 2.22. The molecule has 0 unspecified atom stereocenters. The highest BCUT2D eigenvalue weighted by atomic mass is 32.2. The summed E-state index contributed by atoms with van der Waals surface area (Å²) in [6, 6.07) is 5.87. The van der Waals surface area contributed by atoms with Crippen LogP contribution >= 0.6 is 0 Å². The van der Waals surface area contributed by atoms with Gasteiger partial charge in [-0.25, -0.2) is 21.6 Å². The largest absolute Gasteiger partial charge is 0.319 e. The fraction of sp³-hybridized carbons (Fsp3) is 0.235. The van der Waals surface area contributed by atoms with Crippen molar-refractivity contribution in [2.75, 3.05) is 18.4 Å². The lowest BCUT2D eigenvalue weighted by Crippen LogP contribution is -2.30. The molecule has 2 aromatic rings. The predicted molar refractivity (Wildman–Crippen MR) is 90.8 cm³/mol. The lowest BCUT2D eigenvalue weighted by atomic mass is 10.2. The maximum atomic E-state index is 13.6. The first-order valence-corrected chi connectivity index (χ1v) is 9.20. The van der Waals surface area contributed by atoms with Crippen LogP contribution in [0.2, 0.25) is 0 Å². The number of hydrogen-bond acceptors (Lipinski definition) is 3. The molecule has 1 amide bonds. The minimum absolute atomic E-state index is 0.0109. The van der Waals surface area contributed by atoms with Crippen LogP contribution in [0.4, 0.5) is 18.9 Å². The number of nitrogens with zero attached hydrogens (tertiary/aromatic N) is 1. The number of sulfonamides is 1. The third-order valence-corrected chi connectivity index (χ3v) is 5.78. The molecule has 0 saturated carbocycles. The Bertz CT molecular complexity index is 912. The second-order valence-electron chi connectivity index (χ2n) is 5.31. The lowest BCUT2D eigenvalue weighted by Gasteiger charge is -2.18. The van der Waals surface area contributed by atoms with Gasteiger partial charge in [0.1, 0.15) is 5.82 Å². The van der Waals surface area contributed by atoms with Gasteiger partial charge in [0, 0.05) is 30.8 Å². The second-order valence-corrected chi connectivity index (χ2v) is 7.25. The Balaban J connectivity index is 2.23. The van der Waals surface area contributed by atoms with Crippen LogP contribution in [0.3, 0.4) is 0 Å². The molecule has 0 radical (unpaired) electrons. The first-order chi connectivity index (χ1) is 12.2. The lowest BCUT2D eigenvalue weighted by molar-refractivity contribution is 0.102. The molecule has 0 bridgehead atoms. The summed E-state index contributed by atoms with van der Waals surface area (Å²) in [4.78, 5) is 12.1. The molecule has 0 aromatic heterocycles. The van der Waals surface area contributed by atoms with Gasteiger partial charge in [0.2, 0.25) is 10.0 Å². The van der Waals surface area contributed by atoms with Gasteiger partial charge < -0.3 is 5.32 Å². The first kappa shape index (κ1) is 19.9. The molecule has 26 heavy (non-hydrogen) atoms. The van der Waals surface area contributed by atoms with E-state index in [2.05, 4.69) is 5.32 Å². The van der Waals surface area contributed by atoms with Crippen molar-refractivity contribution in [2.24, 2.45) is 0 Å². The third kappa shape index (κ3) is 4.05. The molecule has 0 aliphatic heterocycles. The Morgan fingerprint density at radius 3 is 2.04 bits per heavy atom. The van der Waals surface area contributed by atoms with Crippen molar-refractivity contribution in [3.63, 3.8) is 0 Å². The number of benzene rings is 2. The number of nitrogens with one attached hydrogen (secondary N) is 1. The zero-order valence-corrected chi connectivity index (χ0v) is 14.9. The highest BCUT2D eigenvalue weighted by Crippen LogP contribution is 2.20. The summed E-state index contributed by atoms with van der Waals surface area (Å²) in [6.45, 7) is 4.02. The SMILES string of the molecule is CCN(CC)S(=O)(=O)c1ccc(C(=O)Nc2cc(F)c(F)cc2F)cc1. The van der Waals surface area contributed by atoms with Gasteiger partial charge in [-0.05, 0) is 24.3 Å². The molecular weight excluding hydrogens is 369 g/mol. The van der Waals surface area contributed by atoms with E-state index in [-0.39, 0.29) is 10.5 Å². The number of amides is 1. The van der Waals surface area contributed by atoms with Gasteiger partial charge >= 0.3 is 0 Å². The zero-order chi connectivity index (χ0) is 19.5. The third-order valence-electron chi connectivity index (χ3n) is 3.72. The standard InChI is InChI=1S/C17H17F3N2O3S/c1-3-22(4-2)26(24,25)12-7-5-11(6-8-12)17(23)21-16-10-14(19)13(18)9-15(16)20/h5-10H,3-4H2,1-2H3,(H,21,23). The van der Waals surface area contributed by atoms with Gasteiger partial charge in [-0.15, -0.1) is 0 Å². The normalized spacial score (nSPS) is 11.6. The topological polar surface area (TPSA) is 66.5 Å². The maximum absolute atomic E-state index is 13.6. The van der Waals surface area contributed by atoms with Crippen molar-refractivity contribution >= 4 is 21.6 Å². The molecule has 9 heteroatoms. The Hall–Kier alpha value is -2.39. The smallest absolute Gasteiger partial charge is 0.255 e. The van der Waals surface area contributed by atoms with E-state index in [1.807, 2.05) is 0 Å². The fourth-order valence-electron chi connectivity index (χ4n) is 2.30. The second kappa shape index (κ2) is 7.88. The molecule has 0 heterocycles. The van der Waals surface area contributed by atoms with E-state index in [9.17, 15) is 26.4 Å². The van der Waals surface area contributed by atoms with Crippen LogP contribution in [0.5, 0.6) is 0 Å². The van der Waals surface area contributed by atoms with Crippen molar-refractivity contribution in [3.8, 4) is 0 Å². The van der Waals surface area contributed by atoms with Crippen molar-refractivity contribution in [3.05, 3.63) is 59.4 Å². The number of anilines is 1. The van der Waals surface area contributed by atoms with Crippen LogP contribution < -0.4 is 5.32 Å². The summed E-state index contributed by atoms with van der Waals surface area (Å²) in [5.74, 6) is -4.59. The van der Waals surface area contributed by atoms with Crippen LogP contribution in [0, 0.1) is 17.5 Å². The van der Waals surface area contributed by atoms with Crippen molar-refractivity contribution in [2.45, 2.75) is 18.7 Å². The van der Waals surface area contributed by atoms with E-state index in [0.717, 1.165) is 0 Å². The highest BCUT2D eigenvalue weighted by molar-refractivity contribution is 7.89. The quantitative estimate of drug-likeness (QED) is 0.774. The summed E-state index contributed by atoms with van der Waals surface area (Å²) in [5, 5.41) is 2.12.